The van der Waals surface area contributed by atoms with E-state index in [2.05, 4.69) is 12.1 Å². The van der Waals surface area contributed by atoms with Crippen molar-refractivity contribution < 1.29 is 14.6 Å². The summed E-state index contributed by atoms with van der Waals surface area (Å²) in [6, 6.07) is 8.08. The fourth-order valence-electron chi connectivity index (χ4n) is 2.91. The van der Waals surface area contributed by atoms with Gasteiger partial charge in [0.25, 0.3) is 0 Å². The van der Waals surface area contributed by atoms with Gasteiger partial charge in [0.05, 0.1) is 6.61 Å². The average molecular weight is 262 g/mol. The predicted octanol–water partition coefficient (Wildman–Crippen LogP) is 3.55. The predicted molar refractivity (Wildman–Crippen MR) is 74.5 cm³/mol. The summed E-state index contributed by atoms with van der Waals surface area (Å²) in [6.45, 7) is 0.220. The van der Waals surface area contributed by atoms with Crippen molar-refractivity contribution in [1.82, 2.24) is 0 Å². The lowest BCUT2D eigenvalue weighted by Crippen LogP contribution is -2.17. The Balaban J connectivity index is 2.10. The van der Waals surface area contributed by atoms with E-state index < -0.39 is 11.9 Å². The molecule has 1 atom stereocenters. The molecule has 0 saturated heterocycles. The maximum absolute atomic E-state index is 11.2. The van der Waals surface area contributed by atoms with Gasteiger partial charge in [-0.05, 0) is 29.9 Å². The smallest absolute Gasteiger partial charge is 0.313 e. The maximum Gasteiger partial charge on any atom is 0.313 e. The third-order valence-corrected chi connectivity index (χ3v) is 4.05. The Morgan fingerprint density at radius 3 is 2.42 bits per heavy atom. The number of rotatable bonds is 5. The minimum absolute atomic E-state index is 0.220. The molecule has 1 saturated carbocycles. The van der Waals surface area contributed by atoms with Crippen molar-refractivity contribution >= 4 is 5.97 Å². The lowest BCUT2D eigenvalue weighted by atomic mass is 9.83. The Morgan fingerprint density at radius 1 is 1.26 bits per heavy atom. The van der Waals surface area contributed by atoms with Gasteiger partial charge in [-0.25, -0.2) is 0 Å². The zero-order valence-electron chi connectivity index (χ0n) is 11.5. The summed E-state index contributed by atoms with van der Waals surface area (Å²) in [5, 5.41) is 9.20. The van der Waals surface area contributed by atoms with E-state index in [1.165, 1.54) is 44.8 Å². The van der Waals surface area contributed by atoms with Crippen LogP contribution in [0.5, 0.6) is 0 Å². The third kappa shape index (κ3) is 3.57. The first-order valence-corrected chi connectivity index (χ1v) is 7.04. The van der Waals surface area contributed by atoms with Crippen LogP contribution in [0.3, 0.4) is 0 Å². The molecule has 0 radical (unpaired) electrons. The molecule has 1 aliphatic rings. The van der Waals surface area contributed by atoms with Crippen LogP contribution in [0.1, 0.15) is 55.1 Å². The van der Waals surface area contributed by atoms with E-state index in [1.54, 1.807) is 0 Å². The number of benzene rings is 1. The number of carboxylic acids is 1. The Bertz CT molecular complexity index is 405. The summed E-state index contributed by atoms with van der Waals surface area (Å²) < 4.78 is 4.99. The van der Waals surface area contributed by atoms with Gasteiger partial charge in [0, 0.05) is 7.11 Å². The van der Waals surface area contributed by atoms with Crippen LogP contribution in [0.2, 0.25) is 0 Å². The summed E-state index contributed by atoms with van der Waals surface area (Å²) in [5.74, 6) is -0.730. The Labute approximate surface area is 114 Å². The van der Waals surface area contributed by atoms with Crippen LogP contribution in [-0.4, -0.2) is 24.8 Å². The third-order valence-electron chi connectivity index (χ3n) is 4.05. The highest BCUT2D eigenvalue weighted by molar-refractivity contribution is 5.76. The largest absolute Gasteiger partial charge is 0.481 e. The highest BCUT2D eigenvalue weighted by atomic mass is 16.5. The second-order valence-corrected chi connectivity index (χ2v) is 5.35. The van der Waals surface area contributed by atoms with Crippen LogP contribution in [0.4, 0.5) is 0 Å². The van der Waals surface area contributed by atoms with E-state index >= 15 is 0 Å². The van der Waals surface area contributed by atoms with Crippen molar-refractivity contribution in [2.24, 2.45) is 0 Å². The van der Waals surface area contributed by atoms with Gasteiger partial charge in [0.2, 0.25) is 0 Å². The zero-order chi connectivity index (χ0) is 13.7. The highest BCUT2D eigenvalue weighted by Gasteiger charge is 2.20. The first-order valence-electron chi connectivity index (χ1n) is 7.04. The summed E-state index contributed by atoms with van der Waals surface area (Å²) in [6.07, 6.45) is 6.50. The fraction of sp³-hybridized carbons (Fsp3) is 0.562. The molecule has 0 bridgehead atoms. The van der Waals surface area contributed by atoms with E-state index in [0.29, 0.717) is 5.92 Å². The van der Waals surface area contributed by atoms with Crippen molar-refractivity contribution in [2.45, 2.75) is 43.9 Å². The van der Waals surface area contributed by atoms with Crippen LogP contribution in [-0.2, 0) is 9.53 Å². The molecule has 0 aliphatic heterocycles. The number of hydrogen-bond donors (Lipinski definition) is 1. The van der Waals surface area contributed by atoms with E-state index in [9.17, 15) is 9.90 Å². The minimum atomic E-state index is -0.827. The summed E-state index contributed by atoms with van der Waals surface area (Å²) in [5.41, 5.74) is 2.18. The summed E-state index contributed by atoms with van der Waals surface area (Å²) >= 11 is 0. The molecule has 1 fully saturated rings. The van der Waals surface area contributed by atoms with Crippen molar-refractivity contribution in [2.75, 3.05) is 13.7 Å². The first kappa shape index (κ1) is 14.1. The van der Waals surface area contributed by atoms with E-state index in [1.807, 2.05) is 12.1 Å². The summed E-state index contributed by atoms with van der Waals surface area (Å²) in [7, 11) is 1.53. The van der Waals surface area contributed by atoms with E-state index in [4.69, 9.17) is 4.74 Å². The molecule has 3 nitrogen and oxygen atoms in total. The molecule has 1 aromatic carbocycles. The Hall–Kier alpha value is -1.35. The number of carbonyl (C=O) groups is 1. The standard InChI is InChI=1S/C16H22O3/c1-19-11-15(16(17)18)14-9-7-13(8-10-14)12-5-3-2-4-6-12/h7-10,12,15H,2-6,11H2,1H3,(H,17,18). The molecule has 0 spiro atoms. The van der Waals surface area contributed by atoms with Gasteiger partial charge in [-0.15, -0.1) is 0 Å². The molecule has 1 aromatic rings. The number of hydrogen-bond acceptors (Lipinski definition) is 2. The van der Waals surface area contributed by atoms with Crippen LogP contribution >= 0.6 is 0 Å². The minimum Gasteiger partial charge on any atom is -0.481 e. The van der Waals surface area contributed by atoms with Gasteiger partial charge in [0.1, 0.15) is 5.92 Å². The fourth-order valence-corrected chi connectivity index (χ4v) is 2.91. The maximum atomic E-state index is 11.2. The van der Waals surface area contributed by atoms with Gasteiger partial charge < -0.3 is 9.84 Å². The van der Waals surface area contributed by atoms with Crippen LogP contribution in [0.15, 0.2) is 24.3 Å². The normalized spacial score (nSPS) is 18.2. The molecule has 2 rings (SSSR count). The monoisotopic (exact) mass is 262 g/mol. The number of methoxy groups -OCH3 is 1. The first-order chi connectivity index (χ1) is 9.22. The van der Waals surface area contributed by atoms with Crippen molar-refractivity contribution in [3.63, 3.8) is 0 Å². The Kier molecular flexibility index (Phi) is 4.97. The van der Waals surface area contributed by atoms with Crippen molar-refractivity contribution in [1.29, 1.82) is 0 Å². The second kappa shape index (κ2) is 6.71. The van der Waals surface area contributed by atoms with Gasteiger partial charge in [-0.2, -0.15) is 0 Å². The average Bonchev–Trinajstić information content (AvgIpc) is 2.46. The molecule has 3 heteroatoms. The number of carboxylic acid groups (broad SMARTS) is 1. The van der Waals surface area contributed by atoms with Crippen LogP contribution in [0, 0.1) is 0 Å². The molecule has 0 heterocycles. The second-order valence-electron chi connectivity index (χ2n) is 5.35. The molecular formula is C16H22O3. The zero-order valence-corrected chi connectivity index (χ0v) is 11.5. The highest BCUT2D eigenvalue weighted by Crippen LogP contribution is 2.33. The number of ether oxygens (including phenoxy) is 1. The Morgan fingerprint density at radius 2 is 1.89 bits per heavy atom. The van der Waals surface area contributed by atoms with Crippen molar-refractivity contribution in [3.8, 4) is 0 Å². The van der Waals surface area contributed by atoms with Gasteiger partial charge in [-0.1, -0.05) is 43.5 Å². The quantitative estimate of drug-likeness (QED) is 0.882. The van der Waals surface area contributed by atoms with Gasteiger partial charge >= 0.3 is 5.97 Å². The summed E-state index contributed by atoms with van der Waals surface area (Å²) in [4.78, 5) is 11.2. The van der Waals surface area contributed by atoms with Crippen LogP contribution < -0.4 is 0 Å². The SMILES string of the molecule is COCC(C(=O)O)c1ccc(C2CCCCC2)cc1. The van der Waals surface area contributed by atoms with Gasteiger partial charge in [-0.3, -0.25) is 4.79 Å². The van der Waals surface area contributed by atoms with Crippen LogP contribution in [0.25, 0.3) is 0 Å². The molecule has 1 N–H and O–H groups in total. The molecular weight excluding hydrogens is 240 g/mol. The molecule has 104 valence electrons. The topological polar surface area (TPSA) is 46.5 Å². The van der Waals surface area contributed by atoms with E-state index in [-0.39, 0.29) is 6.61 Å². The van der Waals surface area contributed by atoms with Crippen molar-refractivity contribution in [3.05, 3.63) is 35.4 Å². The molecule has 1 unspecified atom stereocenters. The molecule has 0 amide bonds. The lowest BCUT2D eigenvalue weighted by molar-refractivity contribution is -0.140. The molecule has 1 aliphatic carbocycles. The van der Waals surface area contributed by atoms with E-state index in [0.717, 1.165) is 5.56 Å². The molecule has 0 aromatic heterocycles. The number of aliphatic carboxylic acids is 1. The van der Waals surface area contributed by atoms with Gasteiger partial charge in [0.15, 0.2) is 0 Å². The lowest BCUT2D eigenvalue weighted by Gasteiger charge is -2.22. The molecule has 19 heavy (non-hydrogen) atoms.